The van der Waals surface area contributed by atoms with Gasteiger partial charge in [-0.15, -0.1) is 0 Å². The van der Waals surface area contributed by atoms with Crippen molar-refractivity contribution in [2.24, 2.45) is 0 Å². The average molecular weight is 306 g/mol. The molecule has 2 rings (SSSR count). The molecule has 1 aromatic rings. The minimum absolute atomic E-state index is 0.0801. The third-order valence-corrected chi connectivity index (χ3v) is 3.77. The second kappa shape index (κ2) is 9.43. The SMILES string of the molecule is COCCCCNC(=O)Cc1ccc(N2CCOCC2)cc1. The summed E-state index contributed by atoms with van der Waals surface area (Å²) in [5.41, 5.74) is 2.25. The van der Waals surface area contributed by atoms with Crippen LogP contribution in [0.5, 0.6) is 0 Å². The van der Waals surface area contributed by atoms with Crippen molar-refractivity contribution in [1.82, 2.24) is 5.32 Å². The van der Waals surface area contributed by atoms with Crippen molar-refractivity contribution in [3.8, 4) is 0 Å². The van der Waals surface area contributed by atoms with Crippen molar-refractivity contribution < 1.29 is 14.3 Å². The van der Waals surface area contributed by atoms with Crippen molar-refractivity contribution in [2.45, 2.75) is 19.3 Å². The van der Waals surface area contributed by atoms with Gasteiger partial charge in [0, 0.05) is 39.0 Å². The van der Waals surface area contributed by atoms with E-state index in [1.165, 1.54) is 5.69 Å². The monoisotopic (exact) mass is 306 g/mol. The molecule has 0 bridgehead atoms. The van der Waals surface area contributed by atoms with Gasteiger partial charge in [0.1, 0.15) is 0 Å². The van der Waals surface area contributed by atoms with Crippen LogP contribution in [0.1, 0.15) is 18.4 Å². The van der Waals surface area contributed by atoms with E-state index in [-0.39, 0.29) is 5.91 Å². The van der Waals surface area contributed by atoms with Gasteiger partial charge in [-0.2, -0.15) is 0 Å². The summed E-state index contributed by atoms with van der Waals surface area (Å²) >= 11 is 0. The Balaban J connectivity index is 1.72. The molecule has 0 unspecified atom stereocenters. The normalized spacial score (nSPS) is 14.9. The van der Waals surface area contributed by atoms with Crippen LogP contribution in [-0.4, -0.2) is 52.5 Å². The average Bonchev–Trinajstić information content (AvgIpc) is 2.56. The maximum absolute atomic E-state index is 11.9. The lowest BCUT2D eigenvalue weighted by atomic mass is 10.1. The Kier molecular flexibility index (Phi) is 7.19. The third kappa shape index (κ3) is 5.66. The summed E-state index contributed by atoms with van der Waals surface area (Å²) in [6.45, 7) is 4.90. The van der Waals surface area contributed by atoms with E-state index in [1.54, 1.807) is 7.11 Å². The number of methoxy groups -OCH3 is 1. The quantitative estimate of drug-likeness (QED) is 0.741. The zero-order chi connectivity index (χ0) is 15.6. The molecule has 0 aromatic heterocycles. The lowest BCUT2D eigenvalue weighted by Gasteiger charge is -2.28. The Morgan fingerprint density at radius 3 is 2.64 bits per heavy atom. The van der Waals surface area contributed by atoms with Gasteiger partial charge in [-0.1, -0.05) is 12.1 Å². The van der Waals surface area contributed by atoms with Crippen LogP contribution in [0, 0.1) is 0 Å². The number of morpholine rings is 1. The molecule has 1 N–H and O–H groups in total. The second-order valence-electron chi connectivity index (χ2n) is 5.49. The first-order valence-electron chi connectivity index (χ1n) is 7.97. The molecule has 0 spiro atoms. The Morgan fingerprint density at radius 2 is 1.95 bits per heavy atom. The summed E-state index contributed by atoms with van der Waals surface area (Å²) in [7, 11) is 1.69. The lowest BCUT2D eigenvalue weighted by molar-refractivity contribution is -0.120. The van der Waals surface area contributed by atoms with Crippen molar-refractivity contribution in [2.75, 3.05) is 51.5 Å². The highest BCUT2D eigenvalue weighted by atomic mass is 16.5. The molecule has 0 saturated carbocycles. The van der Waals surface area contributed by atoms with E-state index in [0.29, 0.717) is 13.0 Å². The number of ether oxygens (including phenoxy) is 2. The van der Waals surface area contributed by atoms with E-state index >= 15 is 0 Å². The fraction of sp³-hybridized carbons (Fsp3) is 0.588. The molecule has 5 nitrogen and oxygen atoms in total. The molecule has 1 amide bonds. The van der Waals surface area contributed by atoms with Gasteiger partial charge in [-0.3, -0.25) is 4.79 Å². The summed E-state index contributed by atoms with van der Waals surface area (Å²) < 4.78 is 10.3. The first-order chi connectivity index (χ1) is 10.8. The second-order valence-corrected chi connectivity index (χ2v) is 5.49. The Morgan fingerprint density at radius 1 is 1.23 bits per heavy atom. The number of anilines is 1. The predicted molar refractivity (Wildman–Crippen MR) is 87.3 cm³/mol. The Labute approximate surface area is 132 Å². The van der Waals surface area contributed by atoms with Crippen LogP contribution in [0.4, 0.5) is 5.69 Å². The van der Waals surface area contributed by atoms with Crippen molar-refractivity contribution in [1.29, 1.82) is 0 Å². The number of carbonyl (C=O) groups excluding carboxylic acids is 1. The summed E-state index contributed by atoms with van der Waals surface area (Å²) in [4.78, 5) is 14.2. The van der Waals surface area contributed by atoms with Gasteiger partial charge in [0.05, 0.1) is 19.6 Å². The number of rotatable bonds is 8. The highest BCUT2D eigenvalue weighted by molar-refractivity contribution is 5.78. The molecule has 122 valence electrons. The van der Waals surface area contributed by atoms with E-state index in [1.807, 2.05) is 12.1 Å². The summed E-state index contributed by atoms with van der Waals surface area (Å²) in [5, 5.41) is 2.95. The first kappa shape index (κ1) is 16.8. The molecule has 1 fully saturated rings. The predicted octanol–water partition coefficient (Wildman–Crippen LogP) is 1.61. The highest BCUT2D eigenvalue weighted by Crippen LogP contribution is 2.16. The van der Waals surface area contributed by atoms with Crippen LogP contribution in [0.25, 0.3) is 0 Å². The fourth-order valence-corrected chi connectivity index (χ4v) is 2.49. The molecule has 22 heavy (non-hydrogen) atoms. The molecule has 1 saturated heterocycles. The third-order valence-electron chi connectivity index (χ3n) is 3.77. The van der Waals surface area contributed by atoms with E-state index in [4.69, 9.17) is 9.47 Å². The van der Waals surface area contributed by atoms with Gasteiger partial charge in [-0.05, 0) is 30.5 Å². The Bertz CT molecular complexity index is 442. The number of hydrogen-bond acceptors (Lipinski definition) is 4. The molecule has 1 heterocycles. The van der Waals surface area contributed by atoms with Crippen molar-refractivity contribution in [3.63, 3.8) is 0 Å². The Hall–Kier alpha value is -1.59. The van der Waals surface area contributed by atoms with Crippen LogP contribution in [0.2, 0.25) is 0 Å². The van der Waals surface area contributed by atoms with Gasteiger partial charge in [-0.25, -0.2) is 0 Å². The molecule has 1 aliphatic heterocycles. The maximum atomic E-state index is 11.9. The highest BCUT2D eigenvalue weighted by Gasteiger charge is 2.11. The van der Waals surface area contributed by atoms with Gasteiger partial charge in [0.2, 0.25) is 5.91 Å². The van der Waals surface area contributed by atoms with Crippen molar-refractivity contribution in [3.05, 3.63) is 29.8 Å². The molecule has 1 aromatic carbocycles. The van der Waals surface area contributed by atoms with E-state index in [0.717, 1.165) is 51.3 Å². The number of carbonyl (C=O) groups is 1. The zero-order valence-corrected chi connectivity index (χ0v) is 13.3. The summed E-state index contributed by atoms with van der Waals surface area (Å²) in [5.74, 6) is 0.0801. The van der Waals surface area contributed by atoms with E-state index in [9.17, 15) is 4.79 Å². The van der Waals surface area contributed by atoms with E-state index in [2.05, 4.69) is 22.3 Å². The molecular weight excluding hydrogens is 280 g/mol. The number of hydrogen-bond donors (Lipinski definition) is 1. The number of nitrogens with zero attached hydrogens (tertiary/aromatic N) is 1. The summed E-state index contributed by atoms with van der Waals surface area (Å²) in [6.07, 6.45) is 2.37. The van der Waals surface area contributed by atoms with Gasteiger partial charge >= 0.3 is 0 Å². The number of nitrogens with one attached hydrogen (secondary N) is 1. The summed E-state index contributed by atoms with van der Waals surface area (Å²) in [6, 6.07) is 8.25. The van der Waals surface area contributed by atoms with Gasteiger partial charge in [0.25, 0.3) is 0 Å². The number of benzene rings is 1. The smallest absolute Gasteiger partial charge is 0.224 e. The van der Waals surface area contributed by atoms with Gasteiger partial charge < -0.3 is 19.7 Å². The molecule has 0 atom stereocenters. The fourth-order valence-electron chi connectivity index (χ4n) is 2.49. The lowest BCUT2D eigenvalue weighted by Crippen LogP contribution is -2.36. The van der Waals surface area contributed by atoms with Crippen molar-refractivity contribution >= 4 is 11.6 Å². The largest absolute Gasteiger partial charge is 0.385 e. The number of unbranched alkanes of at least 4 members (excludes halogenated alkanes) is 1. The maximum Gasteiger partial charge on any atom is 0.224 e. The topological polar surface area (TPSA) is 50.8 Å². The van der Waals surface area contributed by atoms with Crippen LogP contribution < -0.4 is 10.2 Å². The first-order valence-corrected chi connectivity index (χ1v) is 7.97. The number of amides is 1. The molecule has 1 aliphatic rings. The molecule has 0 aliphatic carbocycles. The van der Waals surface area contributed by atoms with Crippen LogP contribution in [0.3, 0.4) is 0 Å². The molecule has 0 radical (unpaired) electrons. The van der Waals surface area contributed by atoms with Gasteiger partial charge in [0.15, 0.2) is 0 Å². The standard InChI is InChI=1S/C17H26N2O3/c1-21-11-3-2-8-18-17(20)14-15-4-6-16(7-5-15)19-9-12-22-13-10-19/h4-7H,2-3,8-14H2,1H3,(H,18,20). The molecule has 5 heteroatoms. The van der Waals surface area contributed by atoms with Crippen LogP contribution >= 0.6 is 0 Å². The zero-order valence-electron chi connectivity index (χ0n) is 13.3. The minimum atomic E-state index is 0.0801. The van der Waals surface area contributed by atoms with Crippen LogP contribution in [-0.2, 0) is 20.7 Å². The minimum Gasteiger partial charge on any atom is -0.385 e. The van der Waals surface area contributed by atoms with Crippen LogP contribution in [0.15, 0.2) is 24.3 Å². The molecular formula is C17H26N2O3. The van der Waals surface area contributed by atoms with E-state index < -0.39 is 0 Å².